The molecular weight excluding hydrogens is 440 g/mol. The first-order valence-corrected chi connectivity index (χ1v) is 12.5. The summed E-state index contributed by atoms with van der Waals surface area (Å²) in [6.07, 6.45) is 3.63. The summed E-state index contributed by atoms with van der Waals surface area (Å²) in [6, 6.07) is 21.3. The van der Waals surface area contributed by atoms with Crippen LogP contribution < -0.4 is 0 Å². The Balaban J connectivity index is 1.80. The molecule has 0 spiro atoms. The third-order valence-corrected chi connectivity index (χ3v) is 7.11. The molecule has 0 atom stereocenters. The lowest BCUT2D eigenvalue weighted by atomic mass is 9.81. The first kappa shape index (κ1) is 22.5. The number of rotatable bonds is 2. The monoisotopic (exact) mass is 470 g/mol. The van der Waals surface area contributed by atoms with Crippen molar-refractivity contribution < 1.29 is 0 Å². The van der Waals surface area contributed by atoms with Crippen LogP contribution in [0.3, 0.4) is 0 Å². The van der Waals surface area contributed by atoms with Gasteiger partial charge >= 0.3 is 0 Å². The van der Waals surface area contributed by atoms with Gasteiger partial charge < -0.3 is 0 Å². The van der Waals surface area contributed by atoms with E-state index in [0.717, 1.165) is 33.9 Å². The summed E-state index contributed by atoms with van der Waals surface area (Å²) >= 11 is 0. The fraction of sp³-hybridized carbons (Fsp3) is 0.250. The fourth-order valence-corrected chi connectivity index (χ4v) is 5.10. The molecule has 0 N–H and O–H groups in total. The maximum atomic E-state index is 4.78. The third kappa shape index (κ3) is 3.51. The van der Waals surface area contributed by atoms with Crippen LogP contribution in [-0.2, 0) is 10.8 Å². The van der Waals surface area contributed by atoms with Crippen molar-refractivity contribution in [2.24, 2.45) is 0 Å². The molecular formula is C32H30N4. The van der Waals surface area contributed by atoms with E-state index in [4.69, 9.17) is 10.2 Å². The molecule has 6 rings (SSSR count). The summed E-state index contributed by atoms with van der Waals surface area (Å²) in [6.45, 7) is 13.6. The first-order chi connectivity index (χ1) is 17.1. The minimum absolute atomic E-state index is 0.000773. The molecule has 3 heterocycles. The van der Waals surface area contributed by atoms with E-state index < -0.39 is 0 Å². The van der Waals surface area contributed by atoms with E-state index in [9.17, 15) is 0 Å². The van der Waals surface area contributed by atoms with E-state index in [1.807, 2.05) is 48.8 Å². The van der Waals surface area contributed by atoms with Gasteiger partial charge in [0.2, 0.25) is 0 Å². The summed E-state index contributed by atoms with van der Waals surface area (Å²) in [4.78, 5) is 9.33. The van der Waals surface area contributed by atoms with Crippen LogP contribution >= 0.6 is 0 Å². The Morgan fingerprint density at radius 3 is 1.36 bits per heavy atom. The molecule has 4 heteroatoms. The molecule has 0 aliphatic heterocycles. The van der Waals surface area contributed by atoms with E-state index in [0.29, 0.717) is 0 Å². The van der Waals surface area contributed by atoms with Crippen molar-refractivity contribution in [3.63, 3.8) is 0 Å². The van der Waals surface area contributed by atoms with Crippen molar-refractivity contribution in [1.29, 1.82) is 0 Å². The summed E-state index contributed by atoms with van der Waals surface area (Å²) in [5.41, 5.74) is 10.5. The molecule has 3 aromatic heterocycles. The van der Waals surface area contributed by atoms with Gasteiger partial charge in [0.15, 0.2) is 0 Å². The van der Waals surface area contributed by atoms with Gasteiger partial charge in [-0.05, 0) is 80.3 Å². The smallest absolute Gasteiger partial charge is 0.120 e. The van der Waals surface area contributed by atoms with Crippen LogP contribution in [0.15, 0.2) is 73.1 Å². The van der Waals surface area contributed by atoms with Gasteiger partial charge in [-0.1, -0.05) is 65.8 Å². The molecule has 0 amide bonds. The Labute approximate surface area is 212 Å². The Morgan fingerprint density at radius 1 is 0.556 bits per heavy atom. The highest BCUT2D eigenvalue weighted by Crippen LogP contribution is 2.54. The number of hydrogen-bond acceptors (Lipinski definition) is 4. The van der Waals surface area contributed by atoms with Crippen LogP contribution in [0.5, 0.6) is 0 Å². The van der Waals surface area contributed by atoms with Gasteiger partial charge in [-0.25, -0.2) is 0 Å². The van der Waals surface area contributed by atoms with E-state index >= 15 is 0 Å². The standard InChI is InChI=1S/C32H30N4/c1-31(2,3)20-15-19-16-21(32(4,5)6)18-23-26(19)22(17-20)27-28(23)30(25-12-8-10-14-34-25)36-35-29(27)24-11-7-9-13-33-24/h7-18H,1-6H3. The van der Waals surface area contributed by atoms with Crippen molar-refractivity contribution in [3.8, 4) is 45.0 Å². The van der Waals surface area contributed by atoms with Gasteiger partial charge in [-0.3, -0.25) is 9.97 Å². The normalized spacial score (nSPS) is 12.7. The van der Waals surface area contributed by atoms with E-state index in [1.54, 1.807) is 0 Å². The topological polar surface area (TPSA) is 51.6 Å². The second-order valence-electron chi connectivity index (χ2n) is 11.7. The van der Waals surface area contributed by atoms with Crippen LogP contribution in [0.2, 0.25) is 0 Å². The van der Waals surface area contributed by atoms with Gasteiger partial charge in [0.1, 0.15) is 11.4 Å². The number of benzene rings is 2. The predicted octanol–water partition coefficient (Wildman–Crippen LogP) is 8.00. The van der Waals surface area contributed by atoms with Crippen LogP contribution in [0.4, 0.5) is 0 Å². The zero-order chi connectivity index (χ0) is 25.2. The van der Waals surface area contributed by atoms with Crippen LogP contribution in [0.1, 0.15) is 52.7 Å². The molecule has 0 bridgehead atoms. The molecule has 0 radical (unpaired) electrons. The lowest BCUT2D eigenvalue weighted by Crippen LogP contribution is -2.12. The average Bonchev–Trinajstić information content (AvgIpc) is 3.19. The van der Waals surface area contributed by atoms with E-state index in [-0.39, 0.29) is 10.8 Å². The van der Waals surface area contributed by atoms with Crippen molar-refractivity contribution >= 4 is 10.8 Å². The maximum absolute atomic E-state index is 4.78. The Bertz CT molecular complexity index is 1500. The Kier molecular flexibility index (Phi) is 4.88. The molecule has 2 aromatic carbocycles. The molecule has 0 unspecified atom stereocenters. The second kappa shape index (κ2) is 7.79. The number of hydrogen-bond donors (Lipinski definition) is 0. The zero-order valence-corrected chi connectivity index (χ0v) is 21.7. The van der Waals surface area contributed by atoms with Gasteiger partial charge in [-0.2, -0.15) is 0 Å². The minimum Gasteiger partial charge on any atom is -0.255 e. The summed E-state index contributed by atoms with van der Waals surface area (Å²) in [5.74, 6) is 0. The van der Waals surface area contributed by atoms with Crippen LogP contribution in [0, 0.1) is 0 Å². The highest BCUT2D eigenvalue weighted by Gasteiger charge is 2.33. The number of aromatic nitrogens is 4. The lowest BCUT2D eigenvalue weighted by molar-refractivity contribution is 0.589. The number of nitrogens with zero attached hydrogens (tertiary/aromatic N) is 4. The molecule has 0 saturated carbocycles. The number of pyridine rings is 2. The molecule has 36 heavy (non-hydrogen) atoms. The van der Waals surface area contributed by atoms with Crippen molar-refractivity contribution in [2.45, 2.75) is 52.4 Å². The molecule has 178 valence electrons. The fourth-order valence-electron chi connectivity index (χ4n) is 5.10. The first-order valence-electron chi connectivity index (χ1n) is 12.5. The minimum atomic E-state index is 0.000773. The van der Waals surface area contributed by atoms with Crippen molar-refractivity contribution in [3.05, 3.63) is 84.2 Å². The third-order valence-electron chi connectivity index (χ3n) is 7.11. The zero-order valence-electron chi connectivity index (χ0n) is 21.7. The molecule has 1 aliphatic rings. The predicted molar refractivity (Wildman–Crippen MR) is 148 cm³/mol. The highest BCUT2D eigenvalue weighted by molar-refractivity contribution is 6.20. The van der Waals surface area contributed by atoms with Gasteiger partial charge in [0.25, 0.3) is 0 Å². The molecule has 0 fully saturated rings. The SMILES string of the molecule is CC(C)(C)c1cc2c3c(cc(C(C)(C)C)cc3c1)-c1c(-c3ccccn3)nnc(-c3ccccn3)c1-2. The maximum Gasteiger partial charge on any atom is 0.120 e. The van der Waals surface area contributed by atoms with Gasteiger partial charge in [0, 0.05) is 23.5 Å². The number of fused-ring (bicyclic) bond motifs is 3. The quantitative estimate of drug-likeness (QED) is 0.257. The highest BCUT2D eigenvalue weighted by atomic mass is 15.1. The van der Waals surface area contributed by atoms with Crippen molar-refractivity contribution in [1.82, 2.24) is 20.2 Å². The molecule has 0 saturated heterocycles. The lowest BCUT2D eigenvalue weighted by Gasteiger charge is -2.23. The second-order valence-corrected chi connectivity index (χ2v) is 11.7. The Hall–Kier alpha value is -3.92. The average molecular weight is 471 g/mol. The molecule has 4 nitrogen and oxygen atoms in total. The molecule has 5 aromatic rings. The van der Waals surface area contributed by atoms with E-state index in [2.05, 4.69) is 75.8 Å². The van der Waals surface area contributed by atoms with Gasteiger partial charge in [0.05, 0.1) is 11.4 Å². The van der Waals surface area contributed by atoms with E-state index in [1.165, 1.54) is 33.0 Å². The van der Waals surface area contributed by atoms with Crippen molar-refractivity contribution in [2.75, 3.05) is 0 Å². The Morgan fingerprint density at radius 2 is 1.00 bits per heavy atom. The summed E-state index contributed by atoms with van der Waals surface area (Å²) in [5, 5.41) is 12.1. The summed E-state index contributed by atoms with van der Waals surface area (Å²) in [7, 11) is 0. The molecule has 1 aliphatic carbocycles. The largest absolute Gasteiger partial charge is 0.255 e. The van der Waals surface area contributed by atoms with Crippen LogP contribution in [0.25, 0.3) is 55.8 Å². The van der Waals surface area contributed by atoms with Gasteiger partial charge in [-0.15, -0.1) is 10.2 Å². The van der Waals surface area contributed by atoms with Crippen LogP contribution in [-0.4, -0.2) is 20.2 Å². The summed E-state index contributed by atoms with van der Waals surface area (Å²) < 4.78 is 0.